The molecule has 4 saturated carbocycles. The van der Waals surface area contributed by atoms with E-state index >= 15 is 0 Å². The lowest BCUT2D eigenvalue weighted by molar-refractivity contribution is -0.121. The Labute approximate surface area is 620 Å². The fourth-order valence-corrected chi connectivity index (χ4v) is 14.7. The second-order valence-electron chi connectivity index (χ2n) is 23.5. The Balaban J connectivity index is 0.000000152. The number of nitrogens with one attached hydrogen (secondary N) is 9. The highest BCUT2D eigenvalue weighted by molar-refractivity contribution is 7.91. The van der Waals surface area contributed by atoms with Gasteiger partial charge in [-0.2, -0.15) is 38.8 Å². The van der Waals surface area contributed by atoms with Crippen LogP contribution < -0.4 is 31.1 Å². The van der Waals surface area contributed by atoms with Gasteiger partial charge in [0.15, 0.2) is 69.8 Å². The summed E-state index contributed by atoms with van der Waals surface area (Å²) in [7, 11) is -8.22. The largest absolute Gasteiger partial charge is 0.477 e. The average molecular weight is 1570 g/mol. The van der Waals surface area contributed by atoms with Crippen molar-refractivity contribution in [1.29, 1.82) is 5.26 Å². The van der Waals surface area contributed by atoms with Gasteiger partial charge in [-0.3, -0.25) is 20.4 Å². The van der Waals surface area contributed by atoms with Crippen LogP contribution >= 0.6 is 68.8 Å². The molecule has 0 radical (unpaired) electrons. The van der Waals surface area contributed by atoms with Crippen molar-refractivity contribution in [2.45, 2.75) is 90.3 Å². The first-order chi connectivity index (χ1) is 49.9. The van der Waals surface area contributed by atoms with Gasteiger partial charge in [0.2, 0.25) is 20.0 Å². The minimum atomic E-state index is -4.65. The minimum Gasteiger partial charge on any atom is -0.477 e. The average Bonchev–Trinajstić information content (AvgIpc) is 1.38. The molecule has 12 aromatic rings. The highest BCUT2D eigenvalue weighted by atomic mass is 35.5. The Kier molecular flexibility index (Phi) is 21.2. The summed E-state index contributed by atoms with van der Waals surface area (Å²) in [6, 6.07) is 25.5. The Morgan fingerprint density at radius 2 is 0.990 bits per heavy atom. The number of hydrogen-bond acceptors (Lipinski definition) is 25. The maximum Gasteiger partial charge on any atom is 0.402 e. The number of aromatic amines is 4. The van der Waals surface area contributed by atoms with Gasteiger partial charge in [0.25, 0.3) is 0 Å². The summed E-state index contributed by atoms with van der Waals surface area (Å²) in [6.45, 7) is -1.65. The van der Waals surface area contributed by atoms with Gasteiger partial charge in [0.05, 0.1) is 43.7 Å². The lowest BCUT2D eigenvalue weighted by Gasteiger charge is -2.09. The Morgan fingerprint density at radius 1 is 0.587 bits per heavy atom. The van der Waals surface area contributed by atoms with Crippen LogP contribution in [-0.4, -0.2) is 121 Å². The fourth-order valence-electron chi connectivity index (χ4n) is 9.76. The van der Waals surface area contributed by atoms with Crippen LogP contribution in [0.15, 0.2) is 119 Å². The van der Waals surface area contributed by atoms with E-state index in [0.717, 1.165) is 76.0 Å². The molecule has 12 N–H and O–H groups in total. The third kappa shape index (κ3) is 18.4. The van der Waals surface area contributed by atoms with E-state index in [2.05, 4.69) is 114 Å². The third-order valence-electron chi connectivity index (χ3n) is 15.6. The number of sulfonamides is 2. The molecule has 4 aliphatic carbocycles. The summed E-state index contributed by atoms with van der Waals surface area (Å²) >= 11 is 21.7. The molecule has 538 valence electrons. The number of nitrogens with zero attached hydrogens (tertiary/aromatic N) is 13. The highest BCUT2D eigenvalue weighted by Gasteiger charge is 2.32. The van der Waals surface area contributed by atoms with Crippen molar-refractivity contribution in [3.8, 4) is 61.9 Å². The number of carboxylic acids is 1. The van der Waals surface area contributed by atoms with Crippen molar-refractivity contribution < 1.29 is 44.2 Å². The smallest absolute Gasteiger partial charge is 0.402 e. The molecule has 0 bridgehead atoms. The molecule has 0 aliphatic heterocycles. The molecule has 11 aromatic heterocycles. The van der Waals surface area contributed by atoms with Crippen molar-refractivity contribution in [2.24, 2.45) is 5.14 Å². The molecule has 4 fully saturated rings. The summed E-state index contributed by atoms with van der Waals surface area (Å²) in [5.41, 5.74) is 5.18. The number of alkyl halides is 3. The summed E-state index contributed by atoms with van der Waals surface area (Å²) in [4.78, 5) is 47.9. The zero-order chi connectivity index (χ0) is 73.0. The van der Waals surface area contributed by atoms with E-state index in [0.29, 0.717) is 107 Å². The van der Waals surface area contributed by atoms with E-state index in [4.69, 9.17) is 56.7 Å². The van der Waals surface area contributed by atoms with Crippen LogP contribution in [0.25, 0.3) is 43.5 Å². The number of halogens is 6. The number of terminal acetylenes is 1. The number of benzene rings is 1. The monoisotopic (exact) mass is 1570 g/mol. The number of hydrogen-bond donors (Lipinski definition) is 11. The molecular formula is C64H59Cl3F3N23O6S5. The molecule has 11 heterocycles. The summed E-state index contributed by atoms with van der Waals surface area (Å²) in [5.74, 6) is 9.09. The molecule has 1 aromatic carbocycles. The van der Waals surface area contributed by atoms with E-state index in [1.807, 2.05) is 30.3 Å². The van der Waals surface area contributed by atoms with Crippen LogP contribution in [0.3, 0.4) is 0 Å². The normalized spacial score (nSPS) is 14.1. The number of thiophene rings is 3. The predicted octanol–water partition coefficient (Wildman–Crippen LogP) is 14.9. The topological polar surface area (TPSA) is 433 Å². The molecule has 0 unspecified atom stereocenters. The maximum atomic E-state index is 12.3. The second kappa shape index (κ2) is 30.6. The summed E-state index contributed by atoms with van der Waals surface area (Å²) in [5, 5.41) is 65.2. The Hall–Kier alpha value is -10.3. The van der Waals surface area contributed by atoms with Crippen LogP contribution in [0, 0.1) is 23.7 Å². The molecule has 16 rings (SSSR count). The quantitative estimate of drug-likeness (QED) is 0.0298. The maximum absolute atomic E-state index is 12.3. The third-order valence-corrected chi connectivity index (χ3v) is 22.4. The van der Waals surface area contributed by atoms with E-state index in [9.17, 15) is 34.8 Å². The number of carboxylic acid groups (broad SMARTS) is 1. The van der Waals surface area contributed by atoms with Crippen molar-refractivity contribution in [3.63, 3.8) is 0 Å². The number of aromatic carboxylic acids is 1. The van der Waals surface area contributed by atoms with Crippen LogP contribution in [0.2, 0.25) is 15.1 Å². The lowest BCUT2D eigenvalue weighted by Crippen LogP contribution is -2.33. The van der Waals surface area contributed by atoms with E-state index < -0.39 is 38.7 Å². The van der Waals surface area contributed by atoms with Gasteiger partial charge in [-0.05, 0) is 99.9 Å². The van der Waals surface area contributed by atoms with Gasteiger partial charge < -0.3 is 26.4 Å². The van der Waals surface area contributed by atoms with E-state index in [1.54, 1.807) is 36.5 Å². The van der Waals surface area contributed by atoms with Gasteiger partial charge in [-0.1, -0.05) is 52.9 Å². The van der Waals surface area contributed by atoms with Crippen LogP contribution in [0.4, 0.5) is 59.7 Å². The lowest BCUT2D eigenvalue weighted by atomic mass is 10.2. The molecule has 4 aliphatic rings. The molecule has 29 nitrogen and oxygen atoms in total. The SMILES string of the molecule is C#Cc1cnc(-c2ccc(C#N)s2)nc1Nc1cc(C2CC2)[nH]n1.NS(=O)(=O)c1ccccc1-c1ncc(Cl)c(Nc2cc(C3CC3)[nH]n2)n1.O=C(O)c1ccc(-c2ncc(Cl)c(Nc3cc(C4CC4)[nH]n3)n2)s1.O=S(=O)(NCC(F)(F)F)c1ccc(-c2ncc(Cl)c(Nc3cc(C4CC4)[nH]n3)n2)s1.[HH].[HH].[HH]. The van der Waals surface area contributed by atoms with Crippen LogP contribution in [-0.2, 0) is 20.0 Å². The van der Waals surface area contributed by atoms with Crippen molar-refractivity contribution in [1.82, 2.24) is 85.4 Å². The molecule has 0 atom stereocenters. The molecule has 104 heavy (non-hydrogen) atoms. The Bertz CT molecular complexity index is 5520. The first kappa shape index (κ1) is 72.0. The predicted molar refractivity (Wildman–Crippen MR) is 392 cm³/mol. The number of nitrogens with two attached hydrogens (primary N) is 1. The van der Waals surface area contributed by atoms with Crippen LogP contribution in [0.1, 0.15) is 122 Å². The number of carbonyl (C=O) groups is 1. The number of aromatic nitrogens is 16. The highest BCUT2D eigenvalue weighted by Crippen LogP contribution is 2.44. The molecular weight excluding hydrogens is 1510 g/mol. The first-order valence-corrected chi connectivity index (χ1v) is 37.8. The zero-order valence-corrected chi connectivity index (χ0v) is 59.7. The fraction of sp³-hybridized carbons (Fsp3) is 0.219. The molecule has 0 spiro atoms. The van der Waals surface area contributed by atoms with E-state index in [1.165, 1.54) is 84.6 Å². The molecule has 0 saturated heterocycles. The molecule has 40 heteroatoms. The van der Waals surface area contributed by atoms with Crippen LogP contribution in [0.5, 0.6) is 0 Å². The number of H-pyrrole nitrogens is 4. The van der Waals surface area contributed by atoms with Gasteiger partial charge in [-0.25, -0.2) is 71.4 Å². The van der Waals surface area contributed by atoms with Gasteiger partial charge >= 0.3 is 12.1 Å². The van der Waals surface area contributed by atoms with Gasteiger partial charge in [0.1, 0.15) is 41.6 Å². The first-order valence-electron chi connectivity index (χ1n) is 31.2. The molecule has 0 amide bonds. The second-order valence-corrected chi connectivity index (χ2v) is 31.5. The van der Waals surface area contributed by atoms with Crippen molar-refractivity contribution in [3.05, 3.63) is 163 Å². The van der Waals surface area contributed by atoms with Gasteiger partial charge in [-0.15, -0.1) is 40.4 Å². The number of rotatable bonds is 21. The number of primary sulfonamides is 1. The number of anilines is 8. The summed E-state index contributed by atoms with van der Waals surface area (Å²) in [6.07, 6.45) is 16.0. The number of nitriles is 1. The van der Waals surface area contributed by atoms with Gasteiger partial charge in [0, 0.05) is 86.8 Å². The standard InChI is InChI=1S/C17H12N6S.C16H14ClF3N6O2S2.C16H15ClN6O2S.C15H12ClN5O2S.3H2/c1-2-10-9-19-17(14-6-5-12(8-18)24-14)21-16(10)20-15-7-13(22-23-15)11-3-4-11;17-9-6-21-15(24-14(9)23-12-5-10(25-26-12)8-1-2-8)11-3-4-13(29-11)30(27,28)22-7-16(18,19)20;17-11-8-19-15(10-3-1-2-4-13(10)26(18,24)25)21-16(11)20-14-7-12(22-23-14)9-5-6-9;16-8-6-17-14(10-3-4-11(24-10)15(22)23)19-13(8)18-12-5-9(20-21-12)7-1-2-7;;;/h1,5-7,9,11H,3-4H2,(H2,19,20,21,22,23);3-6,8,22H,1-2,7H2,(H2,21,23,24,25,26);1-4,7-9H,5-6H2,(H2,18,24,25)(H2,19,20,21,22,23);3-7H,1-2H2,(H,22,23)(H2,17,18,19,20,21);3*1H. The zero-order valence-electron chi connectivity index (χ0n) is 53.3. The summed E-state index contributed by atoms with van der Waals surface area (Å²) < 4.78 is 85.9. The van der Waals surface area contributed by atoms with Crippen molar-refractivity contribution in [2.75, 3.05) is 27.8 Å². The van der Waals surface area contributed by atoms with Crippen molar-refractivity contribution >= 4 is 141 Å². The van der Waals surface area contributed by atoms with E-state index in [-0.39, 0.29) is 45.8 Å². The minimum absolute atomic E-state index is 0. The Morgan fingerprint density at radius 3 is 1.41 bits per heavy atom.